The lowest BCUT2D eigenvalue weighted by atomic mass is 9.96. The fraction of sp³-hybridized carbons (Fsp3) is 0.471. The molecular weight excluding hydrogens is 452 g/mol. The second kappa shape index (κ2) is 8.65. The summed E-state index contributed by atoms with van der Waals surface area (Å²) in [5.41, 5.74) is 0.944. The summed E-state index contributed by atoms with van der Waals surface area (Å²) >= 11 is 0. The third kappa shape index (κ3) is 4.63. The Balaban J connectivity index is 0.00000243. The first-order valence-corrected chi connectivity index (χ1v) is 8.33. The van der Waals surface area contributed by atoms with Gasteiger partial charge in [0.1, 0.15) is 5.82 Å². The lowest BCUT2D eigenvalue weighted by Gasteiger charge is -2.20. The number of imide groups is 1. The maximum atomic E-state index is 13.4. The number of carbonyl (C=O) groups is 2. The molecule has 0 aromatic heterocycles. The fourth-order valence-corrected chi connectivity index (χ4v) is 2.98. The smallest absolute Gasteiger partial charge is 0.324 e. The maximum absolute atomic E-state index is 13.4. The van der Waals surface area contributed by atoms with Crippen LogP contribution in [0.1, 0.15) is 18.4 Å². The molecule has 26 heavy (non-hydrogen) atoms. The van der Waals surface area contributed by atoms with Crippen LogP contribution in [0.5, 0.6) is 0 Å². The molecule has 1 heterocycles. The van der Waals surface area contributed by atoms with Crippen molar-refractivity contribution in [2.24, 2.45) is 4.99 Å². The Hall–Kier alpha value is -1.91. The highest BCUT2D eigenvalue weighted by Gasteiger charge is 2.44. The molecule has 1 aliphatic heterocycles. The summed E-state index contributed by atoms with van der Waals surface area (Å²) < 4.78 is 13.4. The van der Waals surface area contributed by atoms with E-state index < -0.39 is 0 Å². The highest BCUT2D eigenvalue weighted by molar-refractivity contribution is 14.0. The molecule has 0 bridgehead atoms. The summed E-state index contributed by atoms with van der Waals surface area (Å²) in [6, 6.07) is 6.35. The lowest BCUT2D eigenvalue weighted by Crippen LogP contribution is -2.45. The Morgan fingerprint density at radius 2 is 2.12 bits per heavy atom. The van der Waals surface area contributed by atoms with Crippen LogP contribution in [-0.2, 0) is 10.2 Å². The van der Waals surface area contributed by atoms with Crippen LogP contribution in [0.4, 0.5) is 9.18 Å². The molecule has 1 aromatic rings. The van der Waals surface area contributed by atoms with Crippen molar-refractivity contribution in [1.82, 2.24) is 20.9 Å². The molecule has 1 saturated heterocycles. The zero-order valence-corrected chi connectivity index (χ0v) is 16.9. The van der Waals surface area contributed by atoms with Crippen molar-refractivity contribution in [2.45, 2.75) is 18.3 Å². The van der Waals surface area contributed by atoms with Gasteiger partial charge in [-0.05, 0) is 30.5 Å². The molecule has 3 rings (SSSR count). The molecule has 9 heteroatoms. The first kappa shape index (κ1) is 20.4. The van der Waals surface area contributed by atoms with Gasteiger partial charge >= 0.3 is 6.03 Å². The number of hydrogen-bond acceptors (Lipinski definition) is 3. The molecule has 0 spiro atoms. The van der Waals surface area contributed by atoms with Crippen LogP contribution in [0.15, 0.2) is 29.3 Å². The molecule has 2 aliphatic rings. The summed E-state index contributed by atoms with van der Waals surface area (Å²) in [5.74, 6) is 0.146. The van der Waals surface area contributed by atoms with E-state index in [1.54, 1.807) is 19.2 Å². The van der Waals surface area contributed by atoms with Crippen LogP contribution in [0.3, 0.4) is 0 Å². The van der Waals surface area contributed by atoms with E-state index in [1.165, 1.54) is 11.0 Å². The van der Waals surface area contributed by atoms with Crippen LogP contribution in [0.2, 0.25) is 0 Å². The van der Waals surface area contributed by atoms with E-state index >= 15 is 0 Å². The van der Waals surface area contributed by atoms with Crippen LogP contribution in [0.25, 0.3) is 0 Å². The first-order valence-electron chi connectivity index (χ1n) is 8.33. The van der Waals surface area contributed by atoms with Crippen molar-refractivity contribution < 1.29 is 14.0 Å². The van der Waals surface area contributed by atoms with Gasteiger partial charge in [-0.3, -0.25) is 14.7 Å². The Kier molecular flexibility index (Phi) is 6.79. The fourth-order valence-electron chi connectivity index (χ4n) is 2.98. The van der Waals surface area contributed by atoms with Gasteiger partial charge in [0.2, 0.25) is 5.91 Å². The van der Waals surface area contributed by atoms with E-state index in [0.29, 0.717) is 19.0 Å². The maximum Gasteiger partial charge on any atom is 0.324 e. The molecule has 1 aliphatic carbocycles. The van der Waals surface area contributed by atoms with E-state index in [-0.39, 0.29) is 60.2 Å². The molecular formula is C17H23FIN5O2. The van der Waals surface area contributed by atoms with Gasteiger partial charge in [-0.25, -0.2) is 9.18 Å². The van der Waals surface area contributed by atoms with E-state index in [0.717, 1.165) is 18.4 Å². The van der Waals surface area contributed by atoms with Gasteiger partial charge in [-0.1, -0.05) is 12.1 Å². The second-order valence-corrected chi connectivity index (χ2v) is 6.35. The minimum absolute atomic E-state index is 0. The van der Waals surface area contributed by atoms with Gasteiger partial charge < -0.3 is 16.0 Å². The highest BCUT2D eigenvalue weighted by atomic mass is 127. The first-order chi connectivity index (χ1) is 12.0. The van der Waals surface area contributed by atoms with Crippen LogP contribution < -0.4 is 16.0 Å². The summed E-state index contributed by atoms with van der Waals surface area (Å²) in [4.78, 5) is 28.3. The van der Waals surface area contributed by atoms with E-state index in [9.17, 15) is 14.0 Å². The number of benzene rings is 1. The number of amides is 3. The number of halogens is 2. The van der Waals surface area contributed by atoms with Gasteiger partial charge in [-0.2, -0.15) is 0 Å². The molecule has 0 unspecified atom stereocenters. The zero-order chi connectivity index (χ0) is 17.9. The van der Waals surface area contributed by atoms with Gasteiger partial charge in [0.05, 0.1) is 6.54 Å². The van der Waals surface area contributed by atoms with Crippen LogP contribution in [-0.4, -0.2) is 56.0 Å². The summed E-state index contributed by atoms with van der Waals surface area (Å²) in [5, 5.41) is 8.82. The van der Waals surface area contributed by atoms with Crippen molar-refractivity contribution >= 4 is 41.9 Å². The number of carbonyl (C=O) groups excluding carboxylic acids is 2. The van der Waals surface area contributed by atoms with Crippen LogP contribution >= 0.6 is 24.0 Å². The van der Waals surface area contributed by atoms with Gasteiger partial charge in [-0.15, -0.1) is 24.0 Å². The average Bonchev–Trinajstić information content (AvgIpc) is 3.33. The Bertz CT molecular complexity index is 692. The molecule has 1 saturated carbocycles. The van der Waals surface area contributed by atoms with Crippen molar-refractivity contribution in [3.63, 3.8) is 0 Å². The Morgan fingerprint density at radius 1 is 1.35 bits per heavy atom. The molecule has 0 atom stereocenters. The molecule has 3 N–H and O–H groups in total. The third-order valence-corrected chi connectivity index (χ3v) is 4.67. The molecule has 142 valence electrons. The monoisotopic (exact) mass is 475 g/mol. The molecule has 2 fully saturated rings. The molecule has 7 nitrogen and oxygen atoms in total. The largest absolute Gasteiger partial charge is 0.356 e. The third-order valence-electron chi connectivity index (χ3n) is 4.67. The van der Waals surface area contributed by atoms with E-state index in [2.05, 4.69) is 20.9 Å². The Labute approximate surface area is 168 Å². The van der Waals surface area contributed by atoms with Crippen molar-refractivity contribution in [2.75, 3.05) is 33.2 Å². The summed E-state index contributed by atoms with van der Waals surface area (Å²) in [6.07, 6.45) is 2.01. The number of rotatable bonds is 6. The number of guanidine groups is 1. The predicted octanol–water partition coefficient (Wildman–Crippen LogP) is 1.19. The zero-order valence-electron chi connectivity index (χ0n) is 14.5. The number of aliphatic imine (C=N–C) groups is 1. The van der Waals surface area contributed by atoms with Crippen LogP contribution in [0, 0.1) is 5.82 Å². The quantitative estimate of drug-likeness (QED) is 0.250. The van der Waals surface area contributed by atoms with Gasteiger partial charge in [0.15, 0.2) is 5.96 Å². The normalized spacial score (nSPS) is 18.2. The Morgan fingerprint density at radius 3 is 2.69 bits per heavy atom. The van der Waals surface area contributed by atoms with Gasteiger partial charge in [0.25, 0.3) is 0 Å². The standard InChI is InChI=1S/C17H22FN5O2.HI/c1-19-15(20-7-8-23-14(24)10-21-16(23)25)22-11-17(5-6-17)12-3-2-4-13(18)9-12;/h2-4,9H,5-8,10-11H2,1H3,(H,21,25)(H2,19,20,22);1H. The molecule has 3 amide bonds. The molecule has 0 radical (unpaired) electrons. The van der Waals surface area contributed by atoms with E-state index in [1.807, 2.05) is 6.07 Å². The summed E-state index contributed by atoms with van der Waals surface area (Å²) in [6.45, 7) is 1.40. The second-order valence-electron chi connectivity index (χ2n) is 6.35. The summed E-state index contributed by atoms with van der Waals surface area (Å²) in [7, 11) is 1.66. The number of nitrogens with zero attached hydrogens (tertiary/aromatic N) is 2. The van der Waals surface area contributed by atoms with Gasteiger partial charge in [0, 0.05) is 32.1 Å². The number of hydrogen-bond donors (Lipinski definition) is 3. The van der Waals surface area contributed by atoms with Crippen molar-refractivity contribution in [1.29, 1.82) is 0 Å². The number of nitrogens with one attached hydrogen (secondary N) is 3. The van der Waals surface area contributed by atoms with Crippen molar-refractivity contribution in [3.05, 3.63) is 35.6 Å². The topological polar surface area (TPSA) is 85.8 Å². The highest BCUT2D eigenvalue weighted by Crippen LogP contribution is 2.47. The average molecular weight is 475 g/mol. The SMILES string of the molecule is CN=C(NCCN1C(=O)CNC1=O)NCC1(c2cccc(F)c2)CC1.I. The predicted molar refractivity (Wildman–Crippen MR) is 107 cm³/mol. The van der Waals surface area contributed by atoms with Crippen molar-refractivity contribution in [3.8, 4) is 0 Å². The number of urea groups is 1. The van der Waals surface area contributed by atoms with E-state index in [4.69, 9.17) is 0 Å². The minimum Gasteiger partial charge on any atom is -0.356 e. The lowest BCUT2D eigenvalue weighted by molar-refractivity contribution is -0.124. The minimum atomic E-state index is -0.363. The molecule has 1 aromatic carbocycles.